The molecule has 1 amide bonds. The summed E-state index contributed by atoms with van der Waals surface area (Å²) < 4.78 is 5.85. The number of aromatic amines is 1. The average Bonchev–Trinajstić information content (AvgIpc) is 3.25. The number of likely N-dealkylation sites (tertiary alicyclic amines) is 1. The number of carbonyl (C=O) groups is 1. The Morgan fingerprint density at radius 1 is 1.27 bits per heavy atom. The highest BCUT2D eigenvalue weighted by molar-refractivity contribution is 6.34. The average molecular weight is 471 g/mol. The Morgan fingerprint density at radius 2 is 1.97 bits per heavy atom. The molecule has 9 heteroatoms. The van der Waals surface area contributed by atoms with Crippen molar-refractivity contribution in [1.82, 2.24) is 25.2 Å². The van der Waals surface area contributed by atoms with Gasteiger partial charge in [0.05, 0.1) is 16.9 Å². The fourth-order valence-electron chi connectivity index (χ4n) is 4.13. The van der Waals surface area contributed by atoms with E-state index in [0.29, 0.717) is 28.3 Å². The van der Waals surface area contributed by atoms with Crippen molar-refractivity contribution in [2.24, 2.45) is 0 Å². The highest BCUT2D eigenvalue weighted by atomic mass is 35.5. The molecule has 0 atom stereocenters. The maximum Gasteiger partial charge on any atom is 0.263 e. The Balaban J connectivity index is 1.55. The van der Waals surface area contributed by atoms with Crippen molar-refractivity contribution >= 4 is 34.4 Å². The summed E-state index contributed by atoms with van der Waals surface area (Å²) in [7, 11) is 1.59. The number of benzene rings is 1. The van der Waals surface area contributed by atoms with E-state index in [9.17, 15) is 4.79 Å². The third-order valence-corrected chi connectivity index (χ3v) is 6.41. The van der Waals surface area contributed by atoms with E-state index in [2.05, 4.69) is 32.4 Å². The van der Waals surface area contributed by atoms with Gasteiger partial charge in [-0.1, -0.05) is 18.5 Å². The predicted octanol–water partition coefficient (Wildman–Crippen LogP) is 4.08. The number of likely N-dealkylation sites (N-methyl/N-ethyl adjacent to an activating group) is 1. The van der Waals surface area contributed by atoms with Gasteiger partial charge in [-0.15, -0.1) is 0 Å². The van der Waals surface area contributed by atoms with Crippen molar-refractivity contribution in [3.05, 3.63) is 35.5 Å². The summed E-state index contributed by atoms with van der Waals surface area (Å²) in [6.07, 6.45) is 3.80. The molecule has 0 bridgehead atoms. The van der Waals surface area contributed by atoms with Gasteiger partial charge in [0.15, 0.2) is 11.2 Å². The summed E-state index contributed by atoms with van der Waals surface area (Å²) in [5.41, 5.74) is 2.16. The minimum Gasteiger partial charge on any atom is -0.478 e. The van der Waals surface area contributed by atoms with Crippen molar-refractivity contribution in [1.29, 1.82) is 0 Å². The molecule has 3 N–H and O–H groups in total. The minimum absolute atomic E-state index is 0.188. The Bertz CT molecular complexity index is 1120. The van der Waals surface area contributed by atoms with E-state index in [-0.39, 0.29) is 5.91 Å². The van der Waals surface area contributed by atoms with Crippen LogP contribution in [-0.2, 0) is 4.79 Å². The van der Waals surface area contributed by atoms with Crippen LogP contribution in [0.4, 0.5) is 5.69 Å². The first-order chi connectivity index (χ1) is 15.8. The third kappa shape index (κ3) is 5.07. The predicted molar refractivity (Wildman–Crippen MR) is 132 cm³/mol. The second-order valence-corrected chi connectivity index (χ2v) is 9.24. The number of ether oxygens (including phenoxy) is 1. The molecule has 2 aromatic heterocycles. The number of halogens is 1. The van der Waals surface area contributed by atoms with Crippen LogP contribution in [0.1, 0.15) is 33.6 Å². The molecule has 3 heterocycles. The molecule has 1 aliphatic heterocycles. The van der Waals surface area contributed by atoms with Crippen LogP contribution in [-0.4, -0.2) is 64.1 Å². The van der Waals surface area contributed by atoms with Gasteiger partial charge in [0.1, 0.15) is 17.1 Å². The molecule has 0 radical (unpaired) electrons. The maximum absolute atomic E-state index is 12.0. The highest BCUT2D eigenvalue weighted by Gasteiger charge is 2.28. The van der Waals surface area contributed by atoms with Gasteiger partial charge in [-0.05, 0) is 57.5 Å². The van der Waals surface area contributed by atoms with Gasteiger partial charge in [0.25, 0.3) is 5.91 Å². The molecule has 1 aliphatic rings. The quantitative estimate of drug-likeness (QED) is 0.481. The van der Waals surface area contributed by atoms with Gasteiger partial charge >= 0.3 is 0 Å². The van der Waals surface area contributed by atoms with E-state index in [4.69, 9.17) is 21.3 Å². The highest BCUT2D eigenvalue weighted by Crippen LogP contribution is 2.32. The Kier molecular flexibility index (Phi) is 6.76. The zero-order valence-corrected chi connectivity index (χ0v) is 20.3. The van der Waals surface area contributed by atoms with Crippen LogP contribution in [0.2, 0.25) is 5.02 Å². The molecule has 1 saturated heterocycles. The molecule has 33 heavy (non-hydrogen) atoms. The number of rotatable bonds is 7. The zero-order chi connectivity index (χ0) is 23.6. The number of imidazole rings is 1. The summed E-state index contributed by atoms with van der Waals surface area (Å²) in [5.74, 6) is 1.11. The van der Waals surface area contributed by atoms with Crippen molar-refractivity contribution in [3.63, 3.8) is 0 Å². The number of pyridine rings is 1. The lowest BCUT2D eigenvalue weighted by Gasteiger charge is -2.32. The number of anilines is 1. The van der Waals surface area contributed by atoms with Crippen molar-refractivity contribution in [2.45, 2.75) is 45.3 Å². The molecule has 3 aromatic rings. The van der Waals surface area contributed by atoms with Gasteiger partial charge in [-0.25, -0.2) is 9.97 Å². The van der Waals surface area contributed by atoms with Crippen LogP contribution in [0, 0.1) is 0 Å². The van der Waals surface area contributed by atoms with E-state index in [1.807, 2.05) is 24.3 Å². The lowest BCUT2D eigenvalue weighted by atomic mass is 10.0. The van der Waals surface area contributed by atoms with Gasteiger partial charge in [-0.2, -0.15) is 0 Å². The van der Waals surface area contributed by atoms with Crippen LogP contribution < -0.4 is 15.4 Å². The lowest BCUT2D eigenvalue weighted by molar-refractivity contribution is -0.133. The summed E-state index contributed by atoms with van der Waals surface area (Å²) in [5, 5.41) is 6.80. The lowest BCUT2D eigenvalue weighted by Crippen LogP contribution is -2.45. The second-order valence-electron chi connectivity index (χ2n) is 8.83. The van der Waals surface area contributed by atoms with Crippen LogP contribution in [0.5, 0.6) is 5.75 Å². The molecule has 1 aromatic carbocycles. The molecule has 0 aliphatic carbocycles. The maximum atomic E-state index is 12.0. The summed E-state index contributed by atoms with van der Waals surface area (Å²) in [4.78, 5) is 27.0. The number of amides is 1. The summed E-state index contributed by atoms with van der Waals surface area (Å²) in [6.45, 7) is 8.91. The number of fused-ring (bicyclic) bond motifs is 1. The van der Waals surface area contributed by atoms with Crippen LogP contribution in [0.3, 0.4) is 0 Å². The summed E-state index contributed by atoms with van der Waals surface area (Å²) in [6, 6.07) is 7.82. The second kappa shape index (κ2) is 9.57. The van der Waals surface area contributed by atoms with Crippen molar-refractivity contribution in [3.8, 4) is 17.1 Å². The number of hydrogen-bond donors (Lipinski definition) is 3. The smallest absolute Gasteiger partial charge is 0.263 e. The topological polar surface area (TPSA) is 95.2 Å². The van der Waals surface area contributed by atoms with Crippen LogP contribution in [0.25, 0.3) is 22.6 Å². The molecular weight excluding hydrogens is 440 g/mol. The van der Waals surface area contributed by atoms with E-state index >= 15 is 0 Å². The third-order valence-electron chi connectivity index (χ3n) is 6.13. The molecule has 1 fully saturated rings. The molecular formula is C24H31ClN6O2. The van der Waals surface area contributed by atoms with Gasteiger partial charge in [0.2, 0.25) is 0 Å². The Morgan fingerprint density at radius 3 is 2.61 bits per heavy atom. The number of nitrogens with one attached hydrogen (secondary N) is 3. The molecule has 8 nitrogen and oxygen atoms in total. The fraction of sp³-hybridized carbons (Fsp3) is 0.458. The van der Waals surface area contributed by atoms with E-state index in [1.165, 1.54) is 0 Å². The normalized spacial score (nSPS) is 15.5. The largest absolute Gasteiger partial charge is 0.478 e. The number of H-pyrrole nitrogens is 1. The first-order valence-corrected chi connectivity index (χ1v) is 11.7. The first-order valence-electron chi connectivity index (χ1n) is 11.4. The SMILES string of the molecule is CCN1CCC(Nc2c(Cl)cnc3[nH]c(-c4ccc(OC(C)(C)C(=O)NC)cc4)nc23)CC1. The molecule has 0 saturated carbocycles. The zero-order valence-electron chi connectivity index (χ0n) is 19.5. The van der Waals surface area contributed by atoms with E-state index in [0.717, 1.165) is 49.2 Å². The number of piperidine rings is 1. The number of carbonyl (C=O) groups excluding carboxylic acids is 1. The monoisotopic (exact) mass is 470 g/mol. The van der Waals surface area contributed by atoms with Gasteiger partial charge < -0.3 is 25.3 Å². The van der Waals surface area contributed by atoms with Crippen LogP contribution in [0.15, 0.2) is 30.5 Å². The van der Waals surface area contributed by atoms with E-state index < -0.39 is 5.60 Å². The number of hydrogen-bond acceptors (Lipinski definition) is 6. The fourth-order valence-corrected chi connectivity index (χ4v) is 4.32. The summed E-state index contributed by atoms with van der Waals surface area (Å²) >= 11 is 6.51. The number of nitrogens with zero attached hydrogens (tertiary/aromatic N) is 3. The minimum atomic E-state index is -0.968. The standard InChI is InChI=1S/C24H31ClN6O2/c1-5-31-12-10-16(11-13-31)28-19-18(25)14-27-22-20(19)29-21(30-22)15-6-8-17(9-7-15)33-24(2,3)23(32)26-4/h6-9,14,16H,5,10-13H2,1-4H3,(H,26,32)(H2,27,28,29,30). The Labute approximate surface area is 199 Å². The first kappa shape index (κ1) is 23.3. The molecule has 4 rings (SSSR count). The van der Waals surface area contributed by atoms with E-state index in [1.54, 1.807) is 27.1 Å². The van der Waals surface area contributed by atoms with Gasteiger partial charge in [-0.3, -0.25) is 4.79 Å². The van der Waals surface area contributed by atoms with Crippen molar-refractivity contribution in [2.75, 3.05) is 32.0 Å². The number of aromatic nitrogens is 3. The van der Waals surface area contributed by atoms with Crippen molar-refractivity contribution < 1.29 is 9.53 Å². The Hall–Kier alpha value is -2.84. The van der Waals surface area contributed by atoms with Crippen LogP contribution >= 0.6 is 11.6 Å². The molecule has 0 spiro atoms. The van der Waals surface area contributed by atoms with Gasteiger partial charge in [0, 0.05) is 31.7 Å². The molecule has 0 unspecified atom stereocenters. The molecule has 176 valence electrons.